The number of nitrogens with two attached hydrogens (primary N) is 1. The molecule has 0 heterocycles. The zero-order valence-corrected chi connectivity index (χ0v) is 13.1. The van der Waals surface area contributed by atoms with Crippen molar-refractivity contribution in [1.82, 2.24) is 0 Å². The number of nitro benzene ring substituents is 1. The largest absolute Gasteiger partial charge is 0.573 e. The summed E-state index contributed by atoms with van der Waals surface area (Å²) in [6.07, 6.45) is -9.96. The minimum absolute atomic E-state index is 0.265. The third-order valence-electron chi connectivity index (χ3n) is 2.55. The van der Waals surface area contributed by atoms with Crippen LogP contribution in [0.2, 0.25) is 0 Å². The summed E-state index contributed by atoms with van der Waals surface area (Å²) in [5.74, 6) is -3.80. The number of rotatable bonds is 3. The number of nitrogen functional groups attached to an aromatic ring is 1. The molecule has 0 spiro atoms. The lowest BCUT2D eigenvalue weighted by atomic mass is 10.3. The molecule has 0 aliphatic rings. The number of hydrogen-bond donors (Lipinski definition) is 1. The Labute approximate surface area is 150 Å². The van der Waals surface area contributed by atoms with Crippen molar-refractivity contribution in [3.05, 3.63) is 58.1 Å². The first-order valence-corrected chi connectivity index (χ1v) is 6.68. The minimum Gasteiger partial charge on any atom is -0.403 e. The number of benzene rings is 2. The summed E-state index contributed by atoms with van der Waals surface area (Å²) in [6.45, 7) is 0. The summed E-state index contributed by atoms with van der Waals surface area (Å²) in [6, 6.07) is 4.07. The van der Waals surface area contributed by atoms with Crippen LogP contribution in [0.4, 0.5) is 46.5 Å². The normalized spacial score (nSPS) is 11.3. The third kappa shape index (κ3) is 7.92. The Morgan fingerprint density at radius 3 is 1.71 bits per heavy atom. The zero-order chi connectivity index (χ0) is 21.7. The molecule has 6 nitrogen and oxygen atoms in total. The Kier molecular flexibility index (Phi) is 6.96. The van der Waals surface area contributed by atoms with Gasteiger partial charge < -0.3 is 15.2 Å². The summed E-state index contributed by atoms with van der Waals surface area (Å²) in [5, 5.41) is 10.3. The molecule has 2 N–H and O–H groups in total. The first-order valence-electron chi connectivity index (χ1n) is 6.68. The van der Waals surface area contributed by atoms with Gasteiger partial charge >= 0.3 is 18.4 Å². The van der Waals surface area contributed by atoms with Crippen LogP contribution >= 0.6 is 0 Å². The highest BCUT2D eigenvalue weighted by atomic mass is 19.4. The molecule has 0 fully saturated rings. The van der Waals surface area contributed by atoms with Gasteiger partial charge in [0.05, 0.1) is 10.6 Å². The second-order valence-electron chi connectivity index (χ2n) is 4.65. The standard InChI is InChI=1S/C7H3F4NO3.C7H5F4NO/c8-4-1-2-5(12(13)14)6(3-4)15-7(9,10)11;8-4-1-2-5(12)6(3-4)13-7(9,10)11/h1-3H;1-3H,12H2. The molecule has 0 bridgehead atoms. The van der Waals surface area contributed by atoms with Crippen LogP contribution in [0.5, 0.6) is 11.5 Å². The summed E-state index contributed by atoms with van der Waals surface area (Å²) in [4.78, 5) is 9.16. The Hall–Kier alpha value is -3.32. The van der Waals surface area contributed by atoms with Gasteiger partial charge in [0.15, 0.2) is 5.75 Å². The van der Waals surface area contributed by atoms with Crippen LogP contribution in [0.3, 0.4) is 0 Å². The van der Waals surface area contributed by atoms with E-state index < -0.39 is 46.5 Å². The minimum atomic E-state index is -5.10. The van der Waals surface area contributed by atoms with Crippen LogP contribution in [0.1, 0.15) is 0 Å². The second kappa shape index (κ2) is 8.58. The molecule has 154 valence electrons. The van der Waals surface area contributed by atoms with Crippen molar-refractivity contribution in [3.8, 4) is 11.5 Å². The molecule has 14 heteroatoms. The van der Waals surface area contributed by atoms with E-state index in [9.17, 15) is 45.2 Å². The van der Waals surface area contributed by atoms with Crippen molar-refractivity contribution in [1.29, 1.82) is 0 Å². The number of nitro groups is 1. The summed E-state index contributed by atoms with van der Waals surface area (Å²) >= 11 is 0. The predicted molar refractivity (Wildman–Crippen MR) is 77.2 cm³/mol. The Morgan fingerprint density at radius 1 is 0.821 bits per heavy atom. The maximum atomic E-state index is 12.5. The number of halogens is 8. The van der Waals surface area contributed by atoms with Crippen LogP contribution < -0.4 is 15.2 Å². The van der Waals surface area contributed by atoms with E-state index in [1.807, 2.05) is 0 Å². The van der Waals surface area contributed by atoms with Crippen molar-refractivity contribution in [2.45, 2.75) is 12.7 Å². The molecular formula is C14H8F8N2O4. The topological polar surface area (TPSA) is 87.6 Å². The molecule has 0 aliphatic heterocycles. The molecule has 2 aromatic rings. The van der Waals surface area contributed by atoms with Crippen molar-refractivity contribution in [2.75, 3.05) is 5.73 Å². The number of nitrogens with zero attached hydrogens (tertiary/aromatic N) is 1. The van der Waals surface area contributed by atoms with E-state index in [1.165, 1.54) is 0 Å². The van der Waals surface area contributed by atoms with Crippen LogP contribution in [0.25, 0.3) is 0 Å². The molecule has 0 aromatic heterocycles. The molecule has 2 rings (SSSR count). The van der Waals surface area contributed by atoms with Crippen molar-refractivity contribution < 1.29 is 49.5 Å². The van der Waals surface area contributed by atoms with Gasteiger partial charge in [-0.15, -0.1) is 26.3 Å². The lowest BCUT2D eigenvalue weighted by Crippen LogP contribution is -2.18. The maximum Gasteiger partial charge on any atom is 0.573 e. The highest BCUT2D eigenvalue weighted by Crippen LogP contribution is 2.32. The van der Waals surface area contributed by atoms with E-state index in [2.05, 4.69) is 9.47 Å². The average Bonchev–Trinajstić information content (AvgIpc) is 2.48. The van der Waals surface area contributed by atoms with E-state index in [-0.39, 0.29) is 5.69 Å². The number of hydrogen-bond acceptors (Lipinski definition) is 5. The van der Waals surface area contributed by atoms with E-state index in [4.69, 9.17) is 5.73 Å². The number of alkyl halides is 6. The molecule has 0 aliphatic carbocycles. The van der Waals surface area contributed by atoms with Gasteiger partial charge in [0.1, 0.15) is 11.6 Å². The lowest BCUT2D eigenvalue weighted by Gasteiger charge is -2.10. The first-order chi connectivity index (χ1) is 12.7. The van der Waals surface area contributed by atoms with Gasteiger partial charge in [0.25, 0.3) is 0 Å². The fraction of sp³-hybridized carbons (Fsp3) is 0.143. The van der Waals surface area contributed by atoms with E-state index in [0.717, 1.165) is 12.1 Å². The molecule has 28 heavy (non-hydrogen) atoms. The SMILES string of the molecule is Nc1ccc(F)cc1OC(F)(F)F.O=[N+]([O-])c1ccc(F)cc1OC(F)(F)F. The summed E-state index contributed by atoms with van der Waals surface area (Å²) < 4.78 is 102. The fourth-order valence-corrected chi connectivity index (χ4v) is 1.57. The molecule has 0 saturated carbocycles. The number of anilines is 1. The second-order valence-corrected chi connectivity index (χ2v) is 4.65. The van der Waals surface area contributed by atoms with E-state index in [0.29, 0.717) is 24.3 Å². The average molecular weight is 420 g/mol. The lowest BCUT2D eigenvalue weighted by molar-refractivity contribution is -0.388. The smallest absolute Gasteiger partial charge is 0.403 e. The van der Waals surface area contributed by atoms with Crippen molar-refractivity contribution in [3.63, 3.8) is 0 Å². The van der Waals surface area contributed by atoms with Gasteiger partial charge in [0.2, 0.25) is 5.75 Å². The maximum absolute atomic E-state index is 12.5. The van der Waals surface area contributed by atoms with E-state index in [1.54, 1.807) is 0 Å². The highest BCUT2D eigenvalue weighted by molar-refractivity contribution is 5.52. The van der Waals surface area contributed by atoms with Crippen LogP contribution in [0.15, 0.2) is 36.4 Å². The van der Waals surface area contributed by atoms with Gasteiger partial charge in [-0.1, -0.05) is 0 Å². The quantitative estimate of drug-likeness (QED) is 0.329. The van der Waals surface area contributed by atoms with Gasteiger partial charge in [-0.05, 0) is 18.2 Å². The highest BCUT2D eigenvalue weighted by Gasteiger charge is 2.34. The van der Waals surface area contributed by atoms with Crippen LogP contribution in [-0.2, 0) is 0 Å². The van der Waals surface area contributed by atoms with Crippen molar-refractivity contribution >= 4 is 11.4 Å². The third-order valence-corrected chi connectivity index (χ3v) is 2.55. The summed E-state index contributed by atoms with van der Waals surface area (Å²) in [5.41, 5.74) is 3.89. The Morgan fingerprint density at radius 2 is 1.25 bits per heavy atom. The molecule has 0 unspecified atom stereocenters. The monoisotopic (exact) mass is 420 g/mol. The number of ether oxygens (including phenoxy) is 2. The van der Waals surface area contributed by atoms with Gasteiger partial charge in [-0.25, -0.2) is 8.78 Å². The fourth-order valence-electron chi connectivity index (χ4n) is 1.57. The van der Waals surface area contributed by atoms with Gasteiger partial charge in [-0.3, -0.25) is 10.1 Å². The zero-order valence-electron chi connectivity index (χ0n) is 13.1. The summed E-state index contributed by atoms with van der Waals surface area (Å²) in [7, 11) is 0. The molecule has 2 aromatic carbocycles. The first kappa shape index (κ1) is 22.7. The Bertz CT molecular complexity index is 839. The molecule has 0 radical (unpaired) electrons. The van der Waals surface area contributed by atoms with E-state index >= 15 is 0 Å². The molecule has 0 saturated heterocycles. The molecule has 0 atom stereocenters. The van der Waals surface area contributed by atoms with Crippen LogP contribution in [0, 0.1) is 21.7 Å². The Balaban J connectivity index is 0.000000283. The predicted octanol–water partition coefficient (Wildman–Crippen LogP) is 4.94. The molecular weight excluding hydrogens is 412 g/mol. The van der Waals surface area contributed by atoms with Gasteiger partial charge in [-0.2, -0.15) is 0 Å². The van der Waals surface area contributed by atoms with Gasteiger partial charge in [0, 0.05) is 18.2 Å². The van der Waals surface area contributed by atoms with Crippen LogP contribution in [-0.4, -0.2) is 17.6 Å². The van der Waals surface area contributed by atoms with Crippen molar-refractivity contribution in [2.24, 2.45) is 0 Å². The molecule has 0 amide bonds.